The van der Waals surface area contributed by atoms with Crippen LogP contribution in [0, 0.1) is 12.8 Å². The SMILES string of the molecule is CCC(CC)C(O)Cc1ccccc1C. The van der Waals surface area contributed by atoms with Crippen LogP contribution in [0.3, 0.4) is 0 Å². The van der Waals surface area contributed by atoms with E-state index in [2.05, 4.69) is 32.9 Å². The number of aliphatic hydroxyl groups is 1. The van der Waals surface area contributed by atoms with Crippen LogP contribution < -0.4 is 0 Å². The second-order valence-electron chi connectivity index (χ2n) is 4.27. The van der Waals surface area contributed by atoms with Gasteiger partial charge >= 0.3 is 0 Å². The van der Waals surface area contributed by atoms with Crippen LogP contribution in [0.15, 0.2) is 24.3 Å². The Labute approximate surface area is 93.1 Å². The average molecular weight is 206 g/mol. The Bertz CT molecular complexity index is 289. The van der Waals surface area contributed by atoms with Crippen molar-refractivity contribution in [3.05, 3.63) is 35.4 Å². The fourth-order valence-electron chi connectivity index (χ4n) is 2.06. The van der Waals surface area contributed by atoms with Crippen LogP contribution in [0.4, 0.5) is 0 Å². The smallest absolute Gasteiger partial charge is 0.0608 e. The van der Waals surface area contributed by atoms with E-state index in [0.29, 0.717) is 5.92 Å². The minimum absolute atomic E-state index is 0.193. The van der Waals surface area contributed by atoms with Gasteiger partial charge in [0.1, 0.15) is 0 Å². The zero-order chi connectivity index (χ0) is 11.3. The van der Waals surface area contributed by atoms with E-state index in [9.17, 15) is 5.11 Å². The number of aliphatic hydroxyl groups excluding tert-OH is 1. The summed E-state index contributed by atoms with van der Waals surface area (Å²) in [6.07, 6.45) is 2.72. The zero-order valence-electron chi connectivity index (χ0n) is 10.0. The summed E-state index contributed by atoms with van der Waals surface area (Å²) >= 11 is 0. The third-order valence-corrected chi connectivity index (χ3v) is 3.28. The van der Waals surface area contributed by atoms with Crippen molar-refractivity contribution in [2.75, 3.05) is 0 Å². The lowest BCUT2D eigenvalue weighted by Gasteiger charge is -2.20. The van der Waals surface area contributed by atoms with E-state index < -0.39 is 0 Å². The quantitative estimate of drug-likeness (QED) is 0.783. The molecule has 1 atom stereocenters. The van der Waals surface area contributed by atoms with Crippen LogP contribution in [-0.2, 0) is 6.42 Å². The molecule has 0 saturated carbocycles. The van der Waals surface area contributed by atoms with Crippen LogP contribution in [0.1, 0.15) is 37.8 Å². The summed E-state index contributed by atoms with van der Waals surface area (Å²) < 4.78 is 0. The Kier molecular flexibility index (Phi) is 4.83. The summed E-state index contributed by atoms with van der Waals surface area (Å²) in [7, 11) is 0. The highest BCUT2D eigenvalue weighted by Gasteiger charge is 2.16. The van der Waals surface area contributed by atoms with E-state index in [1.54, 1.807) is 0 Å². The van der Waals surface area contributed by atoms with Crippen LogP contribution in [0.5, 0.6) is 0 Å². The maximum Gasteiger partial charge on any atom is 0.0608 e. The van der Waals surface area contributed by atoms with Crippen LogP contribution >= 0.6 is 0 Å². The lowest BCUT2D eigenvalue weighted by molar-refractivity contribution is 0.103. The van der Waals surface area contributed by atoms with Crippen molar-refractivity contribution in [2.24, 2.45) is 5.92 Å². The summed E-state index contributed by atoms with van der Waals surface area (Å²) in [6.45, 7) is 6.40. The highest BCUT2D eigenvalue weighted by molar-refractivity contribution is 5.26. The Balaban J connectivity index is 2.65. The molecule has 84 valence electrons. The van der Waals surface area contributed by atoms with Gasteiger partial charge in [0.05, 0.1) is 6.10 Å². The fourth-order valence-corrected chi connectivity index (χ4v) is 2.06. The van der Waals surface area contributed by atoms with Gasteiger partial charge in [-0.15, -0.1) is 0 Å². The van der Waals surface area contributed by atoms with Gasteiger partial charge < -0.3 is 5.11 Å². The first kappa shape index (κ1) is 12.3. The molecule has 0 radical (unpaired) electrons. The van der Waals surface area contributed by atoms with Gasteiger partial charge in [-0.25, -0.2) is 0 Å². The van der Waals surface area contributed by atoms with Gasteiger partial charge in [0.25, 0.3) is 0 Å². The van der Waals surface area contributed by atoms with Gasteiger partial charge in [-0.3, -0.25) is 0 Å². The molecular weight excluding hydrogens is 184 g/mol. The maximum atomic E-state index is 10.1. The Morgan fingerprint density at radius 3 is 2.27 bits per heavy atom. The highest BCUT2D eigenvalue weighted by Crippen LogP contribution is 2.18. The molecule has 1 unspecified atom stereocenters. The molecule has 0 heterocycles. The van der Waals surface area contributed by atoms with Crippen molar-refractivity contribution < 1.29 is 5.11 Å². The monoisotopic (exact) mass is 206 g/mol. The van der Waals surface area contributed by atoms with Gasteiger partial charge in [0.2, 0.25) is 0 Å². The third kappa shape index (κ3) is 3.35. The summed E-state index contributed by atoms with van der Waals surface area (Å²) in [5, 5.41) is 10.1. The predicted octanol–water partition coefficient (Wildman–Crippen LogP) is 3.33. The van der Waals surface area contributed by atoms with Gasteiger partial charge in [0.15, 0.2) is 0 Å². The molecule has 0 aliphatic carbocycles. The van der Waals surface area contributed by atoms with E-state index in [1.165, 1.54) is 11.1 Å². The summed E-state index contributed by atoms with van der Waals surface area (Å²) in [4.78, 5) is 0. The summed E-state index contributed by atoms with van der Waals surface area (Å²) in [6, 6.07) is 8.31. The van der Waals surface area contributed by atoms with Crippen molar-refractivity contribution in [3.8, 4) is 0 Å². The highest BCUT2D eigenvalue weighted by atomic mass is 16.3. The van der Waals surface area contributed by atoms with Gasteiger partial charge in [0, 0.05) is 0 Å². The van der Waals surface area contributed by atoms with Gasteiger partial charge in [-0.2, -0.15) is 0 Å². The standard InChI is InChI=1S/C14H22O/c1-4-12(5-2)14(15)10-13-9-7-6-8-11(13)3/h6-9,12,14-15H,4-5,10H2,1-3H3. The van der Waals surface area contributed by atoms with E-state index in [4.69, 9.17) is 0 Å². The molecule has 1 aromatic rings. The number of aryl methyl sites for hydroxylation is 1. The van der Waals surface area contributed by atoms with Crippen molar-refractivity contribution in [1.29, 1.82) is 0 Å². The lowest BCUT2D eigenvalue weighted by atomic mass is 9.90. The molecular formula is C14H22O. The molecule has 0 aliphatic heterocycles. The molecule has 1 N–H and O–H groups in total. The summed E-state index contributed by atoms with van der Waals surface area (Å²) in [5.41, 5.74) is 2.56. The first-order valence-corrected chi connectivity index (χ1v) is 5.91. The largest absolute Gasteiger partial charge is 0.392 e. The van der Waals surface area contributed by atoms with Crippen molar-refractivity contribution >= 4 is 0 Å². The second kappa shape index (κ2) is 5.92. The molecule has 0 amide bonds. The average Bonchev–Trinajstić information content (AvgIpc) is 2.23. The molecule has 0 spiro atoms. The van der Waals surface area contributed by atoms with Crippen molar-refractivity contribution in [3.63, 3.8) is 0 Å². The normalized spacial score (nSPS) is 13.1. The van der Waals surface area contributed by atoms with Gasteiger partial charge in [-0.05, 0) is 30.4 Å². The van der Waals surface area contributed by atoms with Crippen LogP contribution in [0.2, 0.25) is 0 Å². The minimum atomic E-state index is -0.193. The molecule has 0 aromatic heterocycles. The molecule has 0 aliphatic rings. The van der Waals surface area contributed by atoms with E-state index in [0.717, 1.165) is 19.3 Å². The first-order chi connectivity index (χ1) is 7.19. The fraction of sp³-hybridized carbons (Fsp3) is 0.571. The molecule has 1 nitrogen and oxygen atoms in total. The first-order valence-electron chi connectivity index (χ1n) is 5.91. The maximum absolute atomic E-state index is 10.1. The minimum Gasteiger partial charge on any atom is -0.392 e. The molecule has 0 saturated heterocycles. The predicted molar refractivity (Wildman–Crippen MR) is 65.0 cm³/mol. The van der Waals surface area contributed by atoms with E-state index in [1.807, 2.05) is 12.1 Å². The second-order valence-corrected chi connectivity index (χ2v) is 4.27. The molecule has 1 heteroatoms. The Morgan fingerprint density at radius 2 is 1.73 bits per heavy atom. The lowest BCUT2D eigenvalue weighted by Crippen LogP contribution is -2.22. The van der Waals surface area contributed by atoms with E-state index >= 15 is 0 Å². The topological polar surface area (TPSA) is 20.2 Å². The molecule has 1 aromatic carbocycles. The Morgan fingerprint density at radius 1 is 1.13 bits per heavy atom. The summed E-state index contributed by atoms with van der Waals surface area (Å²) in [5.74, 6) is 0.435. The number of rotatable bonds is 5. The van der Waals surface area contributed by atoms with Gasteiger partial charge in [-0.1, -0.05) is 51.0 Å². The Hall–Kier alpha value is -0.820. The molecule has 0 fully saturated rings. The molecule has 0 bridgehead atoms. The molecule has 1 rings (SSSR count). The van der Waals surface area contributed by atoms with Crippen LogP contribution in [0.25, 0.3) is 0 Å². The van der Waals surface area contributed by atoms with Crippen molar-refractivity contribution in [1.82, 2.24) is 0 Å². The van der Waals surface area contributed by atoms with Crippen molar-refractivity contribution in [2.45, 2.75) is 46.1 Å². The molecule has 15 heavy (non-hydrogen) atoms. The van der Waals surface area contributed by atoms with Crippen LogP contribution in [-0.4, -0.2) is 11.2 Å². The zero-order valence-corrected chi connectivity index (χ0v) is 10.0. The van der Waals surface area contributed by atoms with E-state index in [-0.39, 0.29) is 6.10 Å². The third-order valence-electron chi connectivity index (χ3n) is 3.28. The number of hydrogen-bond donors (Lipinski definition) is 1. The number of benzene rings is 1. The number of hydrogen-bond acceptors (Lipinski definition) is 1.